The molecule has 0 fully saturated rings. The molecule has 7 heteroatoms. The number of ether oxygens (including phenoxy) is 2. The number of carbonyl (C=O) groups is 1. The van der Waals surface area contributed by atoms with Crippen molar-refractivity contribution in [3.05, 3.63) is 52.4 Å². The molecule has 0 unspecified atom stereocenters. The van der Waals surface area contributed by atoms with E-state index >= 15 is 0 Å². The van der Waals surface area contributed by atoms with Gasteiger partial charge in [-0.2, -0.15) is 5.10 Å². The van der Waals surface area contributed by atoms with Crippen LogP contribution in [-0.4, -0.2) is 36.5 Å². The van der Waals surface area contributed by atoms with Crippen LogP contribution in [0.25, 0.3) is 0 Å². The van der Waals surface area contributed by atoms with Crippen LogP contribution in [0.2, 0.25) is 0 Å². The highest BCUT2D eigenvalue weighted by Crippen LogP contribution is 2.27. The van der Waals surface area contributed by atoms with E-state index in [2.05, 4.69) is 10.4 Å². The Balaban J connectivity index is 1.98. The van der Waals surface area contributed by atoms with Crippen molar-refractivity contribution in [2.24, 2.45) is 0 Å². The highest BCUT2D eigenvalue weighted by molar-refractivity contribution is 5.94. The lowest BCUT2D eigenvalue weighted by Crippen LogP contribution is -2.31. The normalized spacial score (nSPS) is 10.1. The maximum atomic E-state index is 12.1. The lowest BCUT2D eigenvalue weighted by atomic mass is 10.2. The van der Waals surface area contributed by atoms with Gasteiger partial charge in [-0.15, -0.1) is 0 Å². The summed E-state index contributed by atoms with van der Waals surface area (Å²) < 4.78 is 11.6. The van der Waals surface area contributed by atoms with Crippen molar-refractivity contribution in [3.8, 4) is 11.5 Å². The van der Waals surface area contributed by atoms with Gasteiger partial charge in [0.15, 0.2) is 11.5 Å². The Labute approximate surface area is 127 Å². The predicted octanol–water partition coefficient (Wildman–Crippen LogP) is 0.690. The monoisotopic (exact) mass is 303 g/mol. The van der Waals surface area contributed by atoms with Gasteiger partial charge < -0.3 is 14.8 Å². The summed E-state index contributed by atoms with van der Waals surface area (Å²) in [5, 5.41) is 6.64. The molecule has 0 spiro atoms. The highest BCUT2D eigenvalue weighted by Gasteiger charge is 2.10. The summed E-state index contributed by atoms with van der Waals surface area (Å²) >= 11 is 0. The molecular weight excluding hydrogens is 286 g/mol. The largest absolute Gasteiger partial charge is 0.493 e. The van der Waals surface area contributed by atoms with Crippen molar-refractivity contribution in [1.82, 2.24) is 15.1 Å². The number of aromatic nitrogens is 2. The van der Waals surface area contributed by atoms with Crippen LogP contribution >= 0.6 is 0 Å². The molecule has 1 aromatic carbocycles. The molecule has 1 N–H and O–H groups in total. The van der Waals surface area contributed by atoms with Crippen molar-refractivity contribution in [1.29, 1.82) is 0 Å². The molecule has 0 aliphatic rings. The van der Waals surface area contributed by atoms with Crippen molar-refractivity contribution in [3.63, 3.8) is 0 Å². The van der Waals surface area contributed by atoms with E-state index < -0.39 is 0 Å². The molecule has 2 aromatic rings. The third kappa shape index (κ3) is 3.63. The van der Waals surface area contributed by atoms with Gasteiger partial charge in [-0.25, -0.2) is 4.68 Å². The zero-order valence-corrected chi connectivity index (χ0v) is 12.4. The minimum atomic E-state index is -0.259. The summed E-state index contributed by atoms with van der Waals surface area (Å²) in [7, 11) is 3.04. The molecule has 0 saturated carbocycles. The first kappa shape index (κ1) is 15.6. The molecule has 1 amide bonds. The molecule has 1 aromatic heterocycles. The SMILES string of the molecule is COc1ccc(C(=O)NCCn2ncccc2=O)cc1OC. The average Bonchev–Trinajstić information content (AvgIpc) is 2.55. The van der Waals surface area contributed by atoms with Crippen LogP contribution in [0.3, 0.4) is 0 Å². The van der Waals surface area contributed by atoms with E-state index in [1.807, 2.05) is 0 Å². The quantitative estimate of drug-likeness (QED) is 0.849. The molecule has 0 saturated heterocycles. The van der Waals surface area contributed by atoms with Gasteiger partial charge in [0.1, 0.15) is 0 Å². The van der Waals surface area contributed by atoms with Crippen LogP contribution < -0.4 is 20.3 Å². The van der Waals surface area contributed by atoms with Gasteiger partial charge in [0.2, 0.25) is 0 Å². The summed E-state index contributed by atoms with van der Waals surface area (Å²) in [5.74, 6) is 0.778. The van der Waals surface area contributed by atoms with E-state index in [4.69, 9.17) is 9.47 Å². The van der Waals surface area contributed by atoms with Crippen LogP contribution in [-0.2, 0) is 6.54 Å². The Morgan fingerprint density at radius 2 is 2.00 bits per heavy atom. The Morgan fingerprint density at radius 3 is 2.68 bits per heavy atom. The number of rotatable bonds is 6. The minimum Gasteiger partial charge on any atom is -0.493 e. The van der Waals surface area contributed by atoms with E-state index in [0.29, 0.717) is 30.2 Å². The smallest absolute Gasteiger partial charge is 0.266 e. The van der Waals surface area contributed by atoms with Crippen LogP contribution in [0.15, 0.2) is 41.3 Å². The second kappa shape index (κ2) is 7.26. The molecule has 0 radical (unpaired) electrons. The van der Waals surface area contributed by atoms with Crippen LogP contribution in [0.4, 0.5) is 0 Å². The molecule has 116 valence electrons. The third-order valence-electron chi connectivity index (χ3n) is 3.04. The molecular formula is C15H17N3O4. The van der Waals surface area contributed by atoms with Gasteiger partial charge in [-0.3, -0.25) is 9.59 Å². The van der Waals surface area contributed by atoms with E-state index in [0.717, 1.165) is 0 Å². The number of methoxy groups -OCH3 is 2. The number of benzene rings is 1. The first-order chi connectivity index (χ1) is 10.7. The number of hydrogen-bond acceptors (Lipinski definition) is 5. The first-order valence-electron chi connectivity index (χ1n) is 6.68. The molecule has 2 rings (SSSR count). The highest BCUT2D eigenvalue weighted by atomic mass is 16.5. The van der Waals surface area contributed by atoms with Gasteiger partial charge >= 0.3 is 0 Å². The van der Waals surface area contributed by atoms with E-state index in [9.17, 15) is 9.59 Å². The standard InChI is InChI=1S/C15H17N3O4/c1-21-12-6-5-11(10-13(12)22-2)15(20)16-8-9-18-14(19)4-3-7-17-18/h3-7,10H,8-9H2,1-2H3,(H,16,20). The van der Waals surface area contributed by atoms with Gasteiger partial charge in [-0.05, 0) is 24.3 Å². The topological polar surface area (TPSA) is 82.5 Å². The summed E-state index contributed by atoms with van der Waals surface area (Å²) in [6, 6.07) is 7.89. The number of carbonyl (C=O) groups excluding carboxylic acids is 1. The maximum Gasteiger partial charge on any atom is 0.266 e. The zero-order valence-electron chi connectivity index (χ0n) is 12.4. The Kier molecular flexibility index (Phi) is 5.13. The van der Waals surface area contributed by atoms with Crippen molar-refractivity contribution >= 4 is 5.91 Å². The maximum absolute atomic E-state index is 12.1. The van der Waals surface area contributed by atoms with Crippen LogP contribution in [0.1, 0.15) is 10.4 Å². The first-order valence-corrected chi connectivity index (χ1v) is 6.68. The predicted molar refractivity (Wildman–Crippen MR) is 80.4 cm³/mol. The van der Waals surface area contributed by atoms with E-state index in [1.54, 1.807) is 24.3 Å². The molecule has 0 aliphatic heterocycles. The molecule has 1 heterocycles. The molecule has 22 heavy (non-hydrogen) atoms. The van der Waals surface area contributed by atoms with Crippen LogP contribution in [0, 0.1) is 0 Å². The Bertz CT molecular complexity index is 712. The molecule has 0 bridgehead atoms. The Morgan fingerprint density at radius 1 is 1.23 bits per heavy atom. The van der Waals surface area contributed by atoms with Gasteiger partial charge in [0.05, 0.1) is 20.8 Å². The van der Waals surface area contributed by atoms with Gasteiger partial charge in [0.25, 0.3) is 11.5 Å². The summed E-state index contributed by atoms with van der Waals surface area (Å²) in [6.45, 7) is 0.600. The lowest BCUT2D eigenvalue weighted by molar-refractivity contribution is 0.0951. The average molecular weight is 303 g/mol. The Hall–Kier alpha value is -2.83. The molecule has 0 aliphatic carbocycles. The third-order valence-corrected chi connectivity index (χ3v) is 3.04. The number of hydrogen-bond donors (Lipinski definition) is 1. The fourth-order valence-electron chi connectivity index (χ4n) is 1.91. The number of nitrogens with one attached hydrogen (secondary N) is 1. The van der Waals surface area contributed by atoms with Crippen molar-refractivity contribution in [2.75, 3.05) is 20.8 Å². The van der Waals surface area contributed by atoms with Crippen LogP contribution in [0.5, 0.6) is 11.5 Å². The summed E-state index contributed by atoms with van der Waals surface area (Å²) in [4.78, 5) is 23.5. The number of amides is 1. The lowest BCUT2D eigenvalue weighted by Gasteiger charge is -2.10. The van der Waals surface area contributed by atoms with Crippen molar-refractivity contribution in [2.45, 2.75) is 6.54 Å². The zero-order chi connectivity index (χ0) is 15.9. The molecule has 0 atom stereocenters. The second-order valence-corrected chi connectivity index (χ2v) is 4.41. The number of nitrogens with zero attached hydrogens (tertiary/aromatic N) is 2. The van der Waals surface area contributed by atoms with Gasteiger partial charge in [0, 0.05) is 24.4 Å². The van der Waals surface area contributed by atoms with E-state index in [-0.39, 0.29) is 11.5 Å². The minimum absolute atomic E-state index is 0.206. The van der Waals surface area contributed by atoms with Crippen molar-refractivity contribution < 1.29 is 14.3 Å². The molecule has 7 nitrogen and oxygen atoms in total. The summed E-state index contributed by atoms with van der Waals surface area (Å²) in [5.41, 5.74) is 0.244. The second-order valence-electron chi connectivity index (χ2n) is 4.41. The van der Waals surface area contributed by atoms with Gasteiger partial charge in [-0.1, -0.05) is 0 Å². The fourth-order valence-corrected chi connectivity index (χ4v) is 1.91. The summed E-state index contributed by atoms with van der Waals surface area (Å²) in [6.07, 6.45) is 1.53. The van der Waals surface area contributed by atoms with E-state index in [1.165, 1.54) is 31.2 Å². The fraction of sp³-hybridized carbons (Fsp3) is 0.267.